The fourth-order valence-corrected chi connectivity index (χ4v) is 4.15. The summed E-state index contributed by atoms with van der Waals surface area (Å²) in [5.41, 5.74) is 5.83. The third-order valence-electron chi connectivity index (χ3n) is 5.31. The van der Waals surface area contributed by atoms with Gasteiger partial charge in [0.1, 0.15) is 5.82 Å². The van der Waals surface area contributed by atoms with E-state index in [1.165, 1.54) is 40.9 Å². The molecule has 4 rings (SSSR count). The number of fused-ring (bicyclic) bond motifs is 3. The lowest BCUT2D eigenvalue weighted by Crippen LogP contribution is -2.53. The molecule has 3 heteroatoms. The van der Waals surface area contributed by atoms with E-state index < -0.39 is 0 Å². The molecule has 0 radical (unpaired) electrons. The Morgan fingerprint density at radius 1 is 1.26 bits per heavy atom. The van der Waals surface area contributed by atoms with Crippen LogP contribution in [0.2, 0.25) is 0 Å². The van der Waals surface area contributed by atoms with E-state index in [-0.39, 0.29) is 0 Å². The fraction of sp³-hybridized carbons (Fsp3) is 0.450. The van der Waals surface area contributed by atoms with Gasteiger partial charge in [-0.1, -0.05) is 37.3 Å². The first-order chi connectivity index (χ1) is 11.4. The van der Waals surface area contributed by atoms with Gasteiger partial charge < -0.3 is 10.2 Å². The number of anilines is 1. The van der Waals surface area contributed by atoms with Gasteiger partial charge in [-0.3, -0.25) is 0 Å². The Hall–Kier alpha value is -1.87. The van der Waals surface area contributed by atoms with Gasteiger partial charge in [-0.25, -0.2) is 4.98 Å². The normalized spacial score (nSPS) is 20.0. The summed E-state index contributed by atoms with van der Waals surface area (Å²) < 4.78 is 0. The van der Waals surface area contributed by atoms with Crippen LogP contribution in [0, 0.1) is 0 Å². The number of aromatic nitrogens is 1. The maximum atomic E-state index is 4.91. The van der Waals surface area contributed by atoms with Gasteiger partial charge in [0, 0.05) is 31.9 Å². The van der Waals surface area contributed by atoms with Crippen LogP contribution in [0.25, 0.3) is 0 Å². The van der Waals surface area contributed by atoms with Crippen molar-refractivity contribution in [2.24, 2.45) is 0 Å². The van der Waals surface area contributed by atoms with E-state index in [2.05, 4.69) is 53.7 Å². The zero-order chi connectivity index (χ0) is 15.6. The van der Waals surface area contributed by atoms with Crippen LogP contribution >= 0.6 is 0 Å². The summed E-state index contributed by atoms with van der Waals surface area (Å²) in [7, 11) is 0. The van der Waals surface area contributed by atoms with Gasteiger partial charge in [-0.05, 0) is 47.9 Å². The SMILES string of the molecule is CCc1c(Cc2ccccc2)cnc2c1CC[C@@H]1CNCCN21. The summed E-state index contributed by atoms with van der Waals surface area (Å²) in [6.07, 6.45) is 6.66. The largest absolute Gasteiger partial charge is 0.351 e. The summed E-state index contributed by atoms with van der Waals surface area (Å²) in [6.45, 7) is 5.55. The molecule has 0 aliphatic carbocycles. The van der Waals surface area contributed by atoms with Crippen molar-refractivity contribution in [3.63, 3.8) is 0 Å². The van der Waals surface area contributed by atoms with Gasteiger partial charge in [-0.2, -0.15) is 0 Å². The molecule has 0 saturated carbocycles. The van der Waals surface area contributed by atoms with E-state index >= 15 is 0 Å². The van der Waals surface area contributed by atoms with Crippen molar-refractivity contribution in [2.75, 3.05) is 24.5 Å². The lowest BCUT2D eigenvalue weighted by molar-refractivity contribution is 0.434. The Balaban J connectivity index is 1.70. The Labute approximate surface area is 138 Å². The first-order valence-corrected chi connectivity index (χ1v) is 8.87. The first kappa shape index (κ1) is 14.7. The molecule has 1 aromatic carbocycles. The van der Waals surface area contributed by atoms with Crippen molar-refractivity contribution in [1.82, 2.24) is 10.3 Å². The van der Waals surface area contributed by atoms with Crippen molar-refractivity contribution in [2.45, 2.75) is 38.6 Å². The highest BCUT2D eigenvalue weighted by molar-refractivity contribution is 5.57. The van der Waals surface area contributed by atoms with Gasteiger partial charge >= 0.3 is 0 Å². The van der Waals surface area contributed by atoms with Crippen LogP contribution in [0.4, 0.5) is 5.82 Å². The van der Waals surface area contributed by atoms with Gasteiger partial charge in [0.05, 0.1) is 0 Å². The minimum atomic E-state index is 0.633. The smallest absolute Gasteiger partial charge is 0.132 e. The first-order valence-electron chi connectivity index (χ1n) is 8.87. The molecular formula is C20H25N3. The van der Waals surface area contributed by atoms with Crippen molar-refractivity contribution >= 4 is 5.82 Å². The quantitative estimate of drug-likeness (QED) is 0.945. The maximum Gasteiger partial charge on any atom is 0.132 e. The highest BCUT2D eigenvalue weighted by Crippen LogP contribution is 2.34. The Kier molecular flexibility index (Phi) is 4.04. The van der Waals surface area contributed by atoms with Gasteiger partial charge in [0.2, 0.25) is 0 Å². The van der Waals surface area contributed by atoms with Crippen LogP contribution in [-0.4, -0.2) is 30.7 Å². The summed E-state index contributed by atoms with van der Waals surface area (Å²) in [6, 6.07) is 11.4. The molecule has 23 heavy (non-hydrogen) atoms. The molecule has 0 bridgehead atoms. The van der Waals surface area contributed by atoms with Gasteiger partial charge in [-0.15, -0.1) is 0 Å². The number of nitrogens with zero attached hydrogens (tertiary/aromatic N) is 2. The van der Waals surface area contributed by atoms with Crippen molar-refractivity contribution in [3.05, 3.63) is 58.8 Å². The molecular weight excluding hydrogens is 282 g/mol. The van der Waals surface area contributed by atoms with E-state index in [4.69, 9.17) is 4.98 Å². The van der Waals surface area contributed by atoms with Crippen LogP contribution < -0.4 is 10.2 Å². The second kappa shape index (κ2) is 6.32. The molecule has 1 saturated heterocycles. The molecule has 2 aliphatic heterocycles. The molecule has 120 valence electrons. The summed E-state index contributed by atoms with van der Waals surface area (Å²) in [5.74, 6) is 1.26. The zero-order valence-corrected chi connectivity index (χ0v) is 13.9. The lowest BCUT2D eigenvalue weighted by atomic mass is 9.89. The summed E-state index contributed by atoms with van der Waals surface area (Å²) in [4.78, 5) is 7.45. The molecule has 0 spiro atoms. The number of nitrogens with one attached hydrogen (secondary N) is 1. The summed E-state index contributed by atoms with van der Waals surface area (Å²) >= 11 is 0. The zero-order valence-electron chi connectivity index (χ0n) is 13.9. The number of hydrogen-bond donors (Lipinski definition) is 1. The predicted molar refractivity (Wildman–Crippen MR) is 95.2 cm³/mol. The third kappa shape index (κ3) is 2.74. The van der Waals surface area contributed by atoms with Crippen LogP contribution in [-0.2, 0) is 19.3 Å². The minimum Gasteiger partial charge on any atom is -0.351 e. The maximum absolute atomic E-state index is 4.91. The standard InChI is InChI=1S/C20H25N3/c1-2-18-16(12-15-6-4-3-5-7-15)13-22-20-19(18)9-8-17-14-21-10-11-23(17)20/h3-7,13,17,21H,2,8-12,14H2,1H3/t17-/m1/s1. The fourth-order valence-electron chi connectivity index (χ4n) is 4.15. The molecule has 2 aromatic rings. The number of hydrogen-bond acceptors (Lipinski definition) is 3. The van der Waals surface area contributed by atoms with Crippen LogP contribution in [0.5, 0.6) is 0 Å². The van der Waals surface area contributed by atoms with E-state index in [0.29, 0.717) is 6.04 Å². The second-order valence-corrected chi connectivity index (χ2v) is 6.67. The van der Waals surface area contributed by atoms with Crippen LogP contribution in [0.15, 0.2) is 36.5 Å². The molecule has 2 aliphatic rings. The van der Waals surface area contributed by atoms with Crippen molar-refractivity contribution < 1.29 is 0 Å². The Bertz CT molecular complexity index is 681. The molecule has 1 fully saturated rings. The second-order valence-electron chi connectivity index (χ2n) is 6.67. The van der Waals surface area contributed by atoms with Gasteiger partial charge in [0.25, 0.3) is 0 Å². The average Bonchev–Trinajstić information content (AvgIpc) is 2.62. The van der Waals surface area contributed by atoms with Crippen LogP contribution in [0.1, 0.15) is 35.6 Å². The topological polar surface area (TPSA) is 28.2 Å². The third-order valence-corrected chi connectivity index (χ3v) is 5.31. The number of pyridine rings is 1. The molecule has 1 atom stereocenters. The van der Waals surface area contributed by atoms with E-state index in [1.54, 1.807) is 0 Å². The molecule has 0 unspecified atom stereocenters. The highest BCUT2D eigenvalue weighted by atomic mass is 15.3. The minimum absolute atomic E-state index is 0.633. The number of piperazine rings is 1. The van der Waals surface area contributed by atoms with Crippen molar-refractivity contribution in [3.8, 4) is 0 Å². The van der Waals surface area contributed by atoms with E-state index in [9.17, 15) is 0 Å². The highest BCUT2D eigenvalue weighted by Gasteiger charge is 2.31. The molecule has 0 amide bonds. The van der Waals surface area contributed by atoms with E-state index in [0.717, 1.165) is 32.5 Å². The lowest BCUT2D eigenvalue weighted by Gasteiger charge is -2.42. The predicted octanol–water partition coefficient (Wildman–Crippen LogP) is 2.96. The number of rotatable bonds is 3. The monoisotopic (exact) mass is 307 g/mol. The Morgan fingerprint density at radius 3 is 2.96 bits per heavy atom. The van der Waals surface area contributed by atoms with Crippen molar-refractivity contribution in [1.29, 1.82) is 0 Å². The molecule has 3 heterocycles. The van der Waals surface area contributed by atoms with E-state index in [1.807, 2.05) is 0 Å². The van der Waals surface area contributed by atoms with Gasteiger partial charge in [0.15, 0.2) is 0 Å². The summed E-state index contributed by atoms with van der Waals surface area (Å²) in [5, 5.41) is 3.52. The molecule has 1 N–H and O–H groups in total. The average molecular weight is 307 g/mol. The number of benzene rings is 1. The Morgan fingerprint density at radius 2 is 2.13 bits per heavy atom. The molecule has 1 aromatic heterocycles. The van der Waals surface area contributed by atoms with Crippen LogP contribution in [0.3, 0.4) is 0 Å². The molecule has 3 nitrogen and oxygen atoms in total.